The van der Waals surface area contributed by atoms with Gasteiger partial charge >= 0.3 is 5.97 Å². The average molecular weight is 247 g/mol. The molecule has 1 fully saturated rings. The van der Waals surface area contributed by atoms with E-state index in [4.69, 9.17) is 4.74 Å². The zero-order chi connectivity index (χ0) is 13.2. The molecule has 2 atom stereocenters. The summed E-state index contributed by atoms with van der Waals surface area (Å²) in [6.07, 6.45) is 0.897. The summed E-state index contributed by atoms with van der Waals surface area (Å²) >= 11 is 0. The molecule has 0 radical (unpaired) electrons. The third-order valence-electron chi connectivity index (χ3n) is 3.62. The van der Waals surface area contributed by atoms with E-state index in [1.165, 1.54) is 0 Å². The van der Waals surface area contributed by atoms with Gasteiger partial charge in [0.15, 0.2) is 0 Å². The third kappa shape index (κ3) is 2.27. The van der Waals surface area contributed by atoms with Crippen LogP contribution in [-0.2, 0) is 14.9 Å². The minimum Gasteiger partial charge on any atom is -0.465 e. The monoisotopic (exact) mass is 247 g/mol. The molecule has 0 aromatic heterocycles. The number of rotatable bonds is 5. The van der Waals surface area contributed by atoms with Crippen molar-refractivity contribution < 1.29 is 9.53 Å². The summed E-state index contributed by atoms with van der Waals surface area (Å²) in [6, 6.07) is 10.0. The van der Waals surface area contributed by atoms with Crippen molar-refractivity contribution in [2.75, 3.05) is 27.2 Å². The first-order valence-electron chi connectivity index (χ1n) is 6.48. The van der Waals surface area contributed by atoms with Crippen molar-refractivity contribution in [2.24, 2.45) is 5.92 Å². The molecule has 98 valence electrons. The topological polar surface area (TPSA) is 29.5 Å². The Balaban J connectivity index is 2.24. The Labute approximate surface area is 109 Å². The fraction of sp³-hybridized carbons (Fsp3) is 0.533. The molecule has 0 spiro atoms. The van der Waals surface area contributed by atoms with E-state index in [-0.39, 0.29) is 5.97 Å². The molecule has 18 heavy (non-hydrogen) atoms. The summed E-state index contributed by atoms with van der Waals surface area (Å²) in [7, 11) is 4.08. The number of benzene rings is 1. The maximum Gasteiger partial charge on any atom is 0.316 e. The van der Waals surface area contributed by atoms with Crippen LogP contribution in [0.4, 0.5) is 0 Å². The molecule has 0 bridgehead atoms. The Bertz CT molecular complexity index is 416. The first kappa shape index (κ1) is 13.1. The van der Waals surface area contributed by atoms with E-state index < -0.39 is 5.41 Å². The van der Waals surface area contributed by atoms with Gasteiger partial charge in [-0.1, -0.05) is 30.3 Å². The van der Waals surface area contributed by atoms with Crippen molar-refractivity contribution in [3.8, 4) is 0 Å². The van der Waals surface area contributed by atoms with Gasteiger partial charge in [-0.15, -0.1) is 0 Å². The highest BCUT2D eigenvalue weighted by Crippen LogP contribution is 2.55. The number of hydrogen-bond acceptors (Lipinski definition) is 3. The predicted octanol–water partition coefficient (Wildman–Crippen LogP) is 2.07. The maximum absolute atomic E-state index is 12.3. The Hall–Kier alpha value is -1.35. The van der Waals surface area contributed by atoms with Crippen molar-refractivity contribution in [1.82, 2.24) is 4.90 Å². The molecule has 1 saturated carbocycles. The van der Waals surface area contributed by atoms with E-state index >= 15 is 0 Å². The average Bonchev–Trinajstić information content (AvgIpc) is 3.05. The number of nitrogens with zero attached hydrogens (tertiary/aromatic N) is 1. The zero-order valence-corrected chi connectivity index (χ0v) is 11.3. The molecule has 1 aromatic carbocycles. The third-order valence-corrected chi connectivity index (χ3v) is 3.62. The molecule has 1 aliphatic carbocycles. The van der Waals surface area contributed by atoms with Crippen LogP contribution in [0.3, 0.4) is 0 Å². The fourth-order valence-electron chi connectivity index (χ4n) is 2.71. The van der Waals surface area contributed by atoms with Gasteiger partial charge in [0.1, 0.15) is 0 Å². The fourth-order valence-corrected chi connectivity index (χ4v) is 2.71. The van der Waals surface area contributed by atoms with E-state index in [1.54, 1.807) is 0 Å². The van der Waals surface area contributed by atoms with Gasteiger partial charge < -0.3 is 9.64 Å². The summed E-state index contributed by atoms with van der Waals surface area (Å²) in [6.45, 7) is 3.23. The predicted molar refractivity (Wildman–Crippen MR) is 71.4 cm³/mol. The van der Waals surface area contributed by atoms with Crippen LogP contribution < -0.4 is 0 Å². The number of carbonyl (C=O) groups is 1. The number of esters is 1. The summed E-state index contributed by atoms with van der Waals surface area (Å²) in [5.74, 6) is 0.303. The molecule has 3 heteroatoms. The first-order chi connectivity index (χ1) is 8.61. The summed E-state index contributed by atoms with van der Waals surface area (Å²) < 4.78 is 5.28. The van der Waals surface area contributed by atoms with Crippen LogP contribution in [-0.4, -0.2) is 38.1 Å². The van der Waals surface area contributed by atoms with Crippen molar-refractivity contribution in [1.29, 1.82) is 0 Å². The van der Waals surface area contributed by atoms with Gasteiger partial charge in [-0.2, -0.15) is 0 Å². The van der Waals surface area contributed by atoms with Crippen LogP contribution in [0.5, 0.6) is 0 Å². The normalized spacial score (nSPS) is 26.1. The molecule has 0 heterocycles. The van der Waals surface area contributed by atoms with Crippen molar-refractivity contribution in [2.45, 2.75) is 18.8 Å². The van der Waals surface area contributed by atoms with Gasteiger partial charge in [-0.3, -0.25) is 4.79 Å². The van der Waals surface area contributed by atoms with E-state index in [0.29, 0.717) is 12.5 Å². The largest absolute Gasteiger partial charge is 0.465 e. The summed E-state index contributed by atoms with van der Waals surface area (Å²) in [4.78, 5) is 14.4. The minimum absolute atomic E-state index is 0.0666. The van der Waals surface area contributed by atoms with Crippen molar-refractivity contribution in [3.63, 3.8) is 0 Å². The molecule has 3 nitrogen and oxygen atoms in total. The van der Waals surface area contributed by atoms with Gasteiger partial charge in [0.25, 0.3) is 0 Å². The van der Waals surface area contributed by atoms with E-state index in [0.717, 1.165) is 18.5 Å². The van der Waals surface area contributed by atoms with Crippen LogP contribution in [0.25, 0.3) is 0 Å². The molecular weight excluding hydrogens is 226 g/mol. The standard InChI is InChI=1S/C15H21NO2/c1-4-18-14(17)15(10-13(15)11-16(2)3)12-8-6-5-7-9-12/h5-9,13H,4,10-11H2,1-3H3/t13?,15-/m1/s1. The molecule has 2 rings (SSSR count). The lowest BCUT2D eigenvalue weighted by atomic mass is 9.93. The Morgan fingerprint density at radius 3 is 2.61 bits per heavy atom. The van der Waals surface area contributed by atoms with Crippen molar-refractivity contribution >= 4 is 5.97 Å². The quantitative estimate of drug-likeness (QED) is 0.746. The molecule has 1 aromatic rings. The highest BCUT2D eigenvalue weighted by atomic mass is 16.5. The molecule has 0 N–H and O–H groups in total. The maximum atomic E-state index is 12.3. The summed E-state index contributed by atoms with van der Waals surface area (Å²) in [5, 5.41) is 0. The zero-order valence-electron chi connectivity index (χ0n) is 11.3. The smallest absolute Gasteiger partial charge is 0.316 e. The second-order valence-electron chi connectivity index (χ2n) is 5.22. The van der Waals surface area contributed by atoms with Gasteiger partial charge in [0.2, 0.25) is 0 Å². The van der Waals surface area contributed by atoms with Gasteiger partial charge in [0.05, 0.1) is 12.0 Å². The molecule has 0 aliphatic heterocycles. The molecule has 0 amide bonds. The van der Waals surface area contributed by atoms with Gasteiger partial charge in [-0.25, -0.2) is 0 Å². The lowest BCUT2D eigenvalue weighted by Crippen LogP contribution is -2.29. The Morgan fingerprint density at radius 2 is 2.06 bits per heavy atom. The highest BCUT2D eigenvalue weighted by molar-refractivity contribution is 5.87. The number of ether oxygens (including phenoxy) is 1. The minimum atomic E-state index is -0.401. The first-order valence-corrected chi connectivity index (χ1v) is 6.48. The lowest BCUT2D eigenvalue weighted by molar-refractivity contribution is -0.146. The Morgan fingerprint density at radius 1 is 1.39 bits per heavy atom. The SMILES string of the molecule is CCOC(=O)[C@@]1(c2ccccc2)CC1CN(C)C. The van der Waals surface area contributed by atoms with Crippen LogP contribution in [0.1, 0.15) is 18.9 Å². The second kappa shape index (κ2) is 5.11. The van der Waals surface area contributed by atoms with Crippen LogP contribution in [0.15, 0.2) is 30.3 Å². The van der Waals surface area contributed by atoms with Crippen LogP contribution >= 0.6 is 0 Å². The molecule has 0 saturated heterocycles. The second-order valence-corrected chi connectivity index (χ2v) is 5.22. The lowest BCUT2D eigenvalue weighted by Gasteiger charge is -2.18. The Kier molecular flexibility index (Phi) is 3.71. The number of carbonyl (C=O) groups excluding carboxylic acids is 1. The van der Waals surface area contributed by atoms with E-state index in [9.17, 15) is 4.79 Å². The van der Waals surface area contributed by atoms with Gasteiger partial charge in [-0.05, 0) is 38.9 Å². The van der Waals surface area contributed by atoms with Crippen LogP contribution in [0, 0.1) is 5.92 Å². The van der Waals surface area contributed by atoms with E-state index in [1.807, 2.05) is 51.4 Å². The molecule has 1 aliphatic rings. The highest BCUT2D eigenvalue weighted by Gasteiger charge is 2.62. The van der Waals surface area contributed by atoms with E-state index in [2.05, 4.69) is 4.90 Å². The molecule has 1 unspecified atom stereocenters. The summed E-state index contributed by atoms with van der Waals surface area (Å²) in [5.41, 5.74) is 0.692. The van der Waals surface area contributed by atoms with Gasteiger partial charge in [0, 0.05) is 6.54 Å². The molecular formula is C15H21NO2. The number of hydrogen-bond donors (Lipinski definition) is 0. The van der Waals surface area contributed by atoms with Crippen molar-refractivity contribution in [3.05, 3.63) is 35.9 Å². The van der Waals surface area contributed by atoms with Crippen LogP contribution in [0.2, 0.25) is 0 Å².